The number of benzene rings is 1. The second-order valence-corrected chi connectivity index (χ2v) is 5.08. The van der Waals surface area contributed by atoms with Gasteiger partial charge in [0.2, 0.25) is 11.8 Å². The van der Waals surface area contributed by atoms with Crippen LogP contribution < -0.4 is 0 Å². The lowest BCUT2D eigenvalue weighted by atomic mass is 10.2. The average molecular weight is 350 g/mol. The van der Waals surface area contributed by atoms with Crippen LogP contribution in [0, 0.1) is 10.1 Å². The van der Waals surface area contributed by atoms with E-state index in [0.717, 1.165) is 10.0 Å². The molecule has 0 radical (unpaired) electrons. The van der Waals surface area contributed by atoms with Crippen LogP contribution in [-0.4, -0.2) is 24.9 Å². The first kappa shape index (κ1) is 13.4. The van der Waals surface area contributed by atoms with E-state index >= 15 is 0 Å². The molecule has 2 aromatic heterocycles. The molecule has 0 fully saturated rings. The minimum Gasteiger partial charge on any atom is -0.419 e. The molecule has 0 aliphatic rings. The van der Waals surface area contributed by atoms with Gasteiger partial charge in [-0.2, -0.15) is 5.10 Å². The van der Waals surface area contributed by atoms with Crippen molar-refractivity contribution in [3.05, 3.63) is 57.1 Å². The summed E-state index contributed by atoms with van der Waals surface area (Å²) in [5.41, 5.74) is 0.714. The van der Waals surface area contributed by atoms with Gasteiger partial charge in [0.15, 0.2) is 0 Å². The molecule has 0 unspecified atom stereocenters. The van der Waals surface area contributed by atoms with Gasteiger partial charge in [-0.05, 0) is 24.3 Å². The fourth-order valence-electron chi connectivity index (χ4n) is 1.70. The molecule has 0 saturated carbocycles. The Morgan fingerprint density at radius 3 is 2.71 bits per heavy atom. The topological polar surface area (TPSA) is 99.9 Å². The van der Waals surface area contributed by atoms with E-state index in [-0.39, 0.29) is 12.2 Å². The minimum absolute atomic E-state index is 0.0809. The van der Waals surface area contributed by atoms with Crippen LogP contribution in [0.3, 0.4) is 0 Å². The lowest BCUT2D eigenvalue weighted by molar-refractivity contribution is -0.385. The van der Waals surface area contributed by atoms with E-state index in [1.807, 2.05) is 24.3 Å². The van der Waals surface area contributed by atoms with Gasteiger partial charge >= 0.3 is 5.69 Å². The van der Waals surface area contributed by atoms with Crippen LogP contribution in [0.25, 0.3) is 11.5 Å². The van der Waals surface area contributed by atoms with Gasteiger partial charge in [0.05, 0.1) is 4.92 Å². The third-order valence-electron chi connectivity index (χ3n) is 2.69. The van der Waals surface area contributed by atoms with E-state index in [9.17, 15) is 10.1 Å². The van der Waals surface area contributed by atoms with Crippen molar-refractivity contribution >= 4 is 21.6 Å². The summed E-state index contributed by atoms with van der Waals surface area (Å²) in [7, 11) is 0. The maximum Gasteiger partial charge on any atom is 0.307 e. The number of nitrogens with zero attached hydrogens (tertiary/aromatic N) is 5. The molecule has 0 amide bonds. The summed E-state index contributed by atoms with van der Waals surface area (Å²) in [5, 5.41) is 22.3. The quantitative estimate of drug-likeness (QED) is 0.530. The summed E-state index contributed by atoms with van der Waals surface area (Å²) in [6.07, 6.45) is 2.48. The molecule has 0 bridgehead atoms. The Bertz CT molecular complexity index is 780. The van der Waals surface area contributed by atoms with Gasteiger partial charge in [0.25, 0.3) is 0 Å². The van der Waals surface area contributed by atoms with Gasteiger partial charge in [-0.3, -0.25) is 14.8 Å². The monoisotopic (exact) mass is 349 g/mol. The Labute approximate surface area is 126 Å². The number of hydrogen-bond donors (Lipinski definition) is 0. The predicted molar refractivity (Wildman–Crippen MR) is 75.4 cm³/mol. The van der Waals surface area contributed by atoms with E-state index in [0.29, 0.717) is 11.8 Å². The fraction of sp³-hybridized carbons (Fsp3) is 0.0833. The molecule has 0 spiro atoms. The fourth-order valence-corrected chi connectivity index (χ4v) is 1.96. The molecular formula is C12H8BrN5O3. The molecule has 0 atom stereocenters. The molecule has 106 valence electrons. The summed E-state index contributed by atoms with van der Waals surface area (Å²) in [6.45, 7) is 0.178. The molecule has 0 saturated heterocycles. The largest absolute Gasteiger partial charge is 0.419 e. The molecule has 1 aromatic carbocycles. The van der Waals surface area contributed by atoms with Crippen LogP contribution in [0.15, 0.2) is 45.5 Å². The highest BCUT2D eigenvalue weighted by Gasteiger charge is 2.12. The highest BCUT2D eigenvalue weighted by molar-refractivity contribution is 9.10. The van der Waals surface area contributed by atoms with E-state index < -0.39 is 4.92 Å². The summed E-state index contributed by atoms with van der Waals surface area (Å²) >= 11 is 3.35. The Balaban J connectivity index is 1.78. The molecule has 2 heterocycles. The molecule has 3 aromatic rings. The van der Waals surface area contributed by atoms with Crippen LogP contribution in [-0.2, 0) is 6.54 Å². The van der Waals surface area contributed by atoms with Crippen molar-refractivity contribution in [2.45, 2.75) is 6.54 Å². The summed E-state index contributed by atoms with van der Waals surface area (Å²) in [4.78, 5) is 10.1. The lowest BCUT2D eigenvalue weighted by Crippen LogP contribution is -2.00. The van der Waals surface area contributed by atoms with Gasteiger partial charge in [0, 0.05) is 10.0 Å². The Morgan fingerprint density at radius 1 is 1.29 bits per heavy atom. The first-order chi connectivity index (χ1) is 10.1. The van der Waals surface area contributed by atoms with Gasteiger partial charge in [-0.1, -0.05) is 15.9 Å². The first-order valence-corrected chi connectivity index (χ1v) is 6.66. The number of aromatic nitrogens is 4. The molecule has 9 heteroatoms. The third kappa shape index (κ3) is 2.97. The molecule has 3 rings (SSSR count). The van der Waals surface area contributed by atoms with E-state index in [4.69, 9.17) is 4.42 Å². The SMILES string of the molecule is O=[N+]([O-])c1cnn(Cc2nnc(-c3ccc(Br)cc3)o2)c1. The van der Waals surface area contributed by atoms with Gasteiger partial charge in [-0.15, -0.1) is 10.2 Å². The van der Waals surface area contributed by atoms with Crippen LogP contribution >= 0.6 is 15.9 Å². The minimum atomic E-state index is -0.509. The van der Waals surface area contributed by atoms with Crippen molar-refractivity contribution in [1.29, 1.82) is 0 Å². The van der Waals surface area contributed by atoms with Crippen molar-refractivity contribution in [3.8, 4) is 11.5 Å². The first-order valence-electron chi connectivity index (χ1n) is 5.87. The summed E-state index contributed by atoms with van der Waals surface area (Å²) < 4.78 is 7.84. The maximum atomic E-state index is 10.6. The van der Waals surface area contributed by atoms with E-state index in [2.05, 4.69) is 31.2 Å². The number of rotatable bonds is 4. The zero-order chi connectivity index (χ0) is 14.8. The van der Waals surface area contributed by atoms with Gasteiger partial charge in [-0.25, -0.2) is 0 Å². The molecule has 21 heavy (non-hydrogen) atoms. The number of nitro groups is 1. The maximum absolute atomic E-state index is 10.6. The van der Waals surface area contributed by atoms with Crippen molar-refractivity contribution in [2.75, 3.05) is 0 Å². The lowest BCUT2D eigenvalue weighted by Gasteiger charge is -1.95. The Morgan fingerprint density at radius 2 is 2.05 bits per heavy atom. The van der Waals surface area contributed by atoms with Crippen molar-refractivity contribution in [3.63, 3.8) is 0 Å². The highest BCUT2D eigenvalue weighted by atomic mass is 79.9. The zero-order valence-corrected chi connectivity index (χ0v) is 12.1. The van der Waals surface area contributed by atoms with Crippen LogP contribution in [0.2, 0.25) is 0 Å². The summed E-state index contributed by atoms with van der Waals surface area (Å²) in [5.74, 6) is 0.713. The van der Waals surface area contributed by atoms with Crippen LogP contribution in [0.1, 0.15) is 5.89 Å². The smallest absolute Gasteiger partial charge is 0.307 e. The average Bonchev–Trinajstić information content (AvgIpc) is 3.10. The van der Waals surface area contributed by atoms with Crippen LogP contribution in [0.5, 0.6) is 0 Å². The second-order valence-electron chi connectivity index (χ2n) is 4.16. The van der Waals surface area contributed by atoms with Gasteiger partial charge < -0.3 is 4.42 Å². The van der Waals surface area contributed by atoms with E-state index in [1.54, 1.807) is 0 Å². The molecule has 8 nitrogen and oxygen atoms in total. The molecule has 0 N–H and O–H groups in total. The predicted octanol–water partition coefficient (Wildman–Crippen LogP) is 2.65. The molecule has 0 aliphatic heterocycles. The highest BCUT2D eigenvalue weighted by Crippen LogP contribution is 2.20. The molecule has 0 aliphatic carbocycles. The number of hydrogen-bond acceptors (Lipinski definition) is 6. The second kappa shape index (κ2) is 5.44. The zero-order valence-electron chi connectivity index (χ0n) is 10.5. The van der Waals surface area contributed by atoms with Crippen molar-refractivity contribution < 1.29 is 9.34 Å². The van der Waals surface area contributed by atoms with Crippen LogP contribution in [0.4, 0.5) is 5.69 Å². The van der Waals surface area contributed by atoms with E-state index in [1.165, 1.54) is 17.1 Å². The van der Waals surface area contributed by atoms with Crippen molar-refractivity contribution in [2.24, 2.45) is 0 Å². The third-order valence-corrected chi connectivity index (χ3v) is 3.21. The Hall–Kier alpha value is -2.55. The van der Waals surface area contributed by atoms with Crippen molar-refractivity contribution in [1.82, 2.24) is 20.0 Å². The Kier molecular flexibility index (Phi) is 3.48. The normalized spacial score (nSPS) is 10.7. The molecular weight excluding hydrogens is 342 g/mol. The number of halogens is 1. The van der Waals surface area contributed by atoms with Gasteiger partial charge in [0.1, 0.15) is 18.9 Å². The summed E-state index contributed by atoms with van der Waals surface area (Å²) in [6, 6.07) is 7.44. The standard InChI is InChI=1S/C12H8BrN5O3/c13-9-3-1-8(2-4-9)12-16-15-11(21-12)7-17-6-10(5-14-17)18(19)20/h1-6H,7H2.